The molecule has 1 fully saturated rings. The first-order valence-corrected chi connectivity index (χ1v) is 11.7. The molecule has 2 aliphatic heterocycles. The number of benzene rings is 3. The number of aryl methyl sites for hydroxylation is 1. The Bertz CT molecular complexity index is 1150. The van der Waals surface area contributed by atoms with E-state index in [0.717, 1.165) is 37.2 Å². The minimum Gasteiger partial charge on any atom is -0.334 e. The number of rotatable bonds is 4. The van der Waals surface area contributed by atoms with Crippen molar-refractivity contribution >= 4 is 17.6 Å². The summed E-state index contributed by atoms with van der Waals surface area (Å²) in [6, 6.07) is 24.2. The molecule has 1 saturated heterocycles. The second kappa shape index (κ2) is 9.10. The summed E-state index contributed by atoms with van der Waals surface area (Å²) in [5, 5.41) is 0. The van der Waals surface area contributed by atoms with Gasteiger partial charge < -0.3 is 9.80 Å². The lowest BCUT2D eigenvalue weighted by molar-refractivity contribution is 0.0734. The normalized spacial score (nSPS) is 16.0. The van der Waals surface area contributed by atoms with Crippen molar-refractivity contribution < 1.29 is 9.59 Å². The summed E-state index contributed by atoms with van der Waals surface area (Å²) >= 11 is 0. The Labute approximate surface area is 195 Å². The molecular weight excluding hydrogens is 410 g/mol. The van der Waals surface area contributed by atoms with Crippen LogP contribution >= 0.6 is 0 Å². The maximum Gasteiger partial charge on any atom is 0.324 e. The number of hydrogen-bond donors (Lipinski definition) is 0. The van der Waals surface area contributed by atoms with Crippen LogP contribution in [0.2, 0.25) is 0 Å². The highest BCUT2D eigenvalue weighted by Crippen LogP contribution is 2.24. The predicted octanol–water partition coefficient (Wildman–Crippen LogP) is 5.03. The molecule has 2 heterocycles. The molecule has 3 amide bonds. The molecule has 0 radical (unpaired) electrons. The molecule has 0 atom stereocenters. The van der Waals surface area contributed by atoms with Gasteiger partial charge in [0.15, 0.2) is 0 Å². The van der Waals surface area contributed by atoms with E-state index in [2.05, 4.69) is 49.4 Å². The summed E-state index contributed by atoms with van der Waals surface area (Å²) < 4.78 is 0. The molecule has 5 rings (SSSR count). The Kier molecular flexibility index (Phi) is 5.86. The second-order valence-electron chi connectivity index (χ2n) is 8.99. The van der Waals surface area contributed by atoms with Gasteiger partial charge in [0.25, 0.3) is 5.91 Å². The van der Waals surface area contributed by atoms with Crippen molar-refractivity contribution in [2.24, 2.45) is 0 Å². The molecule has 3 aromatic carbocycles. The van der Waals surface area contributed by atoms with Crippen molar-refractivity contribution in [2.45, 2.75) is 32.9 Å². The van der Waals surface area contributed by atoms with Crippen molar-refractivity contribution in [1.82, 2.24) is 9.80 Å². The molecule has 2 aliphatic rings. The maximum absolute atomic E-state index is 13.2. The standard InChI is InChI=1S/C28H29N3O2/c1-21-7-9-22(10-8-21)19-30-16-4-17-31(28(30)33)26-13-11-24(12-14-26)27(32)29-18-15-23-5-2-3-6-25(23)20-29/h2-3,5-14H,4,15-20H2,1H3. The average Bonchev–Trinajstić information content (AvgIpc) is 2.86. The predicted molar refractivity (Wildman–Crippen MR) is 130 cm³/mol. The van der Waals surface area contributed by atoms with Gasteiger partial charge in [-0.15, -0.1) is 0 Å². The van der Waals surface area contributed by atoms with E-state index >= 15 is 0 Å². The summed E-state index contributed by atoms with van der Waals surface area (Å²) in [5.41, 5.74) is 6.42. The third-order valence-electron chi connectivity index (χ3n) is 6.65. The fourth-order valence-electron chi connectivity index (χ4n) is 4.72. The van der Waals surface area contributed by atoms with E-state index in [0.29, 0.717) is 25.2 Å². The highest BCUT2D eigenvalue weighted by molar-refractivity contribution is 5.96. The van der Waals surface area contributed by atoms with Crippen LogP contribution in [0.1, 0.15) is 39.0 Å². The fraction of sp³-hybridized carbons (Fsp3) is 0.286. The van der Waals surface area contributed by atoms with Crippen LogP contribution in [-0.2, 0) is 19.5 Å². The van der Waals surface area contributed by atoms with Crippen LogP contribution in [0.25, 0.3) is 0 Å². The highest BCUT2D eigenvalue weighted by atomic mass is 16.2. The largest absolute Gasteiger partial charge is 0.334 e. The quantitative estimate of drug-likeness (QED) is 0.573. The molecule has 0 N–H and O–H groups in total. The maximum atomic E-state index is 13.2. The summed E-state index contributed by atoms with van der Waals surface area (Å²) in [7, 11) is 0. The number of hydrogen-bond acceptors (Lipinski definition) is 2. The van der Waals surface area contributed by atoms with Crippen molar-refractivity contribution in [3.05, 3.63) is 101 Å². The number of urea groups is 1. The third-order valence-corrected chi connectivity index (χ3v) is 6.65. The van der Waals surface area contributed by atoms with E-state index in [1.54, 1.807) is 0 Å². The Morgan fingerprint density at radius 2 is 1.58 bits per heavy atom. The second-order valence-corrected chi connectivity index (χ2v) is 8.99. The SMILES string of the molecule is Cc1ccc(CN2CCCN(c3ccc(C(=O)N4CCc5ccccc5C4)cc3)C2=O)cc1. The van der Waals surface area contributed by atoms with Gasteiger partial charge in [0.05, 0.1) is 0 Å². The third kappa shape index (κ3) is 4.49. The zero-order chi connectivity index (χ0) is 22.8. The van der Waals surface area contributed by atoms with E-state index in [4.69, 9.17) is 0 Å². The Hall–Kier alpha value is -3.60. The lowest BCUT2D eigenvalue weighted by Crippen LogP contribution is -2.49. The van der Waals surface area contributed by atoms with Crippen LogP contribution in [0.15, 0.2) is 72.8 Å². The van der Waals surface area contributed by atoms with Crippen LogP contribution in [0, 0.1) is 6.92 Å². The van der Waals surface area contributed by atoms with Crippen molar-refractivity contribution in [1.29, 1.82) is 0 Å². The monoisotopic (exact) mass is 439 g/mol. The van der Waals surface area contributed by atoms with E-state index in [1.807, 2.05) is 45.0 Å². The smallest absolute Gasteiger partial charge is 0.324 e. The van der Waals surface area contributed by atoms with E-state index < -0.39 is 0 Å². The number of amides is 3. The van der Waals surface area contributed by atoms with Crippen LogP contribution < -0.4 is 4.90 Å². The number of nitrogens with zero attached hydrogens (tertiary/aromatic N) is 3. The van der Waals surface area contributed by atoms with Gasteiger partial charge in [-0.1, -0.05) is 54.1 Å². The zero-order valence-corrected chi connectivity index (χ0v) is 19.0. The van der Waals surface area contributed by atoms with Gasteiger partial charge in [-0.3, -0.25) is 9.69 Å². The van der Waals surface area contributed by atoms with Gasteiger partial charge in [-0.2, -0.15) is 0 Å². The molecule has 33 heavy (non-hydrogen) atoms. The average molecular weight is 440 g/mol. The van der Waals surface area contributed by atoms with Crippen molar-refractivity contribution in [2.75, 3.05) is 24.5 Å². The van der Waals surface area contributed by atoms with Gasteiger partial charge in [-0.25, -0.2) is 4.79 Å². The first-order chi connectivity index (χ1) is 16.1. The number of anilines is 1. The van der Waals surface area contributed by atoms with Gasteiger partial charge in [0.1, 0.15) is 0 Å². The topological polar surface area (TPSA) is 43.9 Å². The van der Waals surface area contributed by atoms with Crippen LogP contribution in [0.4, 0.5) is 10.5 Å². The molecular formula is C28H29N3O2. The summed E-state index contributed by atoms with van der Waals surface area (Å²) in [5.74, 6) is 0.0435. The lowest BCUT2D eigenvalue weighted by Gasteiger charge is -2.36. The molecule has 0 spiro atoms. The van der Waals surface area contributed by atoms with E-state index in [-0.39, 0.29) is 11.9 Å². The molecule has 3 aromatic rings. The molecule has 0 bridgehead atoms. The van der Waals surface area contributed by atoms with Gasteiger partial charge in [0.2, 0.25) is 0 Å². The van der Waals surface area contributed by atoms with Crippen LogP contribution in [-0.4, -0.2) is 41.4 Å². The van der Waals surface area contributed by atoms with Crippen molar-refractivity contribution in [3.8, 4) is 0 Å². The number of carbonyl (C=O) groups is 2. The van der Waals surface area contributed by atoms with Gasteiger partial charge in [0, 0.05) is 44.0 Å². The first-order valence-electron chi connectivity index (χ1n) is 11.7. The molecule has 5 nitrogen and oxygen atoms in total. The molecule has 5 heteroatoms. The van der Waals surface area contributed by atoms with Gasteiger partial charge in [-0.05, 0) is 60.7 Å². The number of fused-ring (bicyclic) bond motifs is 1. The lowest BCUT2D eigenvalue weighted by atomic mass is 9.99. The fourth-order valence-corrected chi connectivity index (χ4v) is 4.72. The minimum absolute atomic E-state index is 0.0218. The molecule has 168 valence electrons. The molecule has 0 unspecified atom stereocenters. The Morgan fingerprint density at radius 1 is 0.848 bits per heavy atom. The van der Waals surface area contributed by atoms with Crippen LogP contribution in [0.3, 0.4) is 0 Å². The Balaban J connectivity index is 1.26. The number of carbonyl (C=O) groups excluding carboxylic acids is 2. The van der Waals surface area contributed by atoms with E-state index in [1.165, 1.54) is 16.7 Å². The van der Waals surface area contributed by atoms with Crippen LogP contribution in [0.5, 0.6) is 0 Å². The van der Waals surface area contributed by atoms with Gasteiger partial charge >= 0.3 is 6.03 Å². The van der Waals surface area contributed by atoms with E-state index in [9.17, 15) is 9.59 Å². The Morgan fingerprint density at radius 3 is 2.33 bits per heavy atom. The van der Waals surface area contributed by atoms with Crippen molar-refractivity contribution in [3.63, 3.8) is 0 Å². The highest BCUT2D eigenvalue weighted by Gasteiger charge is 2.27. The minimum atomic E-state index is 0.0218. The zero-order valence-electron chi connectivity index (χ0n) is 19.0. The first kappa shape index (κ1) is 21.3. The summed E-state index contributed by atoms with van der Waals surface area (Å²) in [6.07, 6.45) is 1.81. The summed E-state index contributed by atoms with van der Waals surface area (Å²) in [6.45, 7) is 5.51. The molecule has 0 aliphatic carbocycles. The molecule has 0 aromatic heterocycles. The molecule has 0 saturated carbocycles. The summed E-state index contributed by atoms with van der Waals surface area (Å²) in [4.78, 5) is 31.9.